The van der Waals surface area contributed by atoms with E-state index in [4.69, 9.17) is 0 Å². The van der Waals surface area contributed by atoms with Gasteiger partial charge in [0.15, 0.2) is 15.8 Å². The molecule has 0 saturated carbocycles. The molecule has 0 spiro atoms. The Balaban J connectivity index is 2.44. The summed E-state index contributed by atoms with van der Waals surface area (Å²) in [6.45, 7) is 8.55. The second-order valence-corrected chi connectivity index (χ2v) is 7.90. The van der Waals surface area contributed by atoms with E-state index in [2.05, 4.69) is 15.0 Å². The first-order valence-electron chi connectivity index (χ1n) is 7.08. The van der Waals surface area contributed by atoms with E-state index in [1.807, 2.05) is 33.1 Å². The van der Waals surface area contributed by atoms with Crippen LogP contribution in [0.4, 0.5) is 5.82 Å². The molecule has 2 aromatic heterocycles. The third-order valence-corrected chi connectivity index (χ3v) is 5.69. The summed E-state index contributed by atoms with van der Waals surface area (Å²) in [5.41, 5.74) is 0. The summed E-state index contributed by atoms with van der Waals surface area (Å²) < 4.78 is 29.7. The number of sulfonamides is 1. The number of aromatic nitrogens is 2. The number of fused-ring (bicyclic) bond motifs is 1. The molecule has 2 heterocycles. The molecule has 0 fully saturated rings. The maximum absolute atomic E-state index is 12.7. The first kappa shape index (κ1) is 16.3. The number of anilines is 1. The van der Waals surface area contributed by atoms with Gasteiger partial charge in [0.25, 0.3) is 10.0 Å². The Hall–Kier alpha value is -1.12. The summed E-state index contributed by atoms with van der Waals surface area (Å²) in [6.07, 6.45) is 2.64. The SMILES string of the molecule is CCCNc1nc2sccn2c1S(=O)(=O)NC(C)C(C)C. The highest BCUT2D eigenvalue weighted by atomic mass is 32.2. The topological polar surface area (TPSA) is 75.5 Å². The fourth-order valence-electron chi connectivity index (χ4n) is 1.82. The lowest BCUT2D eigenvalue weighted by Gasteiger charge is -2.17. The van der Waals surface area contributed by atoms with Gasteiger partial charge < -0.3 is 5.32 Å². The molecule has 0 saturated heterocycles. The van der Waals surface area contributed by atoms with Gasteiger partial charge in [0.1, 0.15) is 0 Å². The molecule has 2 aromatic rings. The van der Waals surface area contributed by atoms with Gasteiger partial charge >= 0.3 is 0 Å². The van der Waals surface area contributed by atoms with Crippen LogP contribution in [-0.2, 0) is 10.0 Å². The van der Waals surface area contributed by atoms with Gasteiger partial charge in [0, 0.05) is 24.2 Å². The number of thiazole rings is 1. The molecular weight excluding hydrogens is 308 g/mol. The van der Waals surface area contributed by atoms with Gasteiger partial charge in [0.05, 0.1) is 0 Å². The molecule has 0 amide bonds. The number of nitrogens with one attached hydrogen (secondary N) is 2. The quantitative estimate of drug-likeness (QED) is 0.818. The van der Waals surface area contributed by atoms with Gasteiger partial charge in [-0.05, 0) is 19.3 Å². The number of imidazole rings is 1. The Morgan fingerprint density at radius 2 is 2.10 bits per heavy atom. The first-order valence-corrected chi connectivity index (χ1v) is 9.44. The first-order chi connectivity index (χ1) is 9.86. The summed E-state index contributed by atoms with van der Waals surface area (Å²) in [5, 5.41) is 5.13. The van der Waals surface area contributed by atoms with E-state index in [0.717, 1.165) is 6.42 Å². The molecule has 8 heteroatoms. The van der Waals surface area contributed by atoms with Crippen molar-refractivity contribution in [2.75, 3.05) is 11.9 Å². The molecule has 1 unspecified atom stereocenters. The van der Waals surface area contributed by atoms with Gasteiger partial charge in [-0.3, -0.25) is 4.40 Å². The molecule has 0 aromatic carbocycles. The number of nitrogens with zero attached hydrogens (tertiary/aromatic N) is 2. The lowest BCUT2D eigenvalue weighted by Crippen LogP contribution is -2.36. The summed E-state index contributed by atoms with van der Waals surface area (Å²) in [7, 11) is -3.62. The number of rotatable bonds is 7. The molecule has 0 aliphatic carbocycles. The zero-order valence-corrected chi connectivity index (χ0v) is 14.4. The lowest BCUT2D eigenvalue weighted by atomic mass is 10.1. The van der Waals surface area contributed by atoms with Crippen LogP contribution in [0.3, 0.4) is 0 Å². The van der Waals surface area contributed by atoms with E-state index in [1.54, 1.807) is 10.6 Å². The fourth-order valence-corrected chi connectivity index (χ4v) is 4.24. The lowest BCUT2D eigenvalue weighted by molar-refractivity contribution is 0.475. The van der Waals surface area contributed by atoms with Gasteiger partial charge in [-0.1, -0.05) is 20.8 Å². The molecule has 2 rings (SSSR count). The summed E-state index contributed by atoms with van der Waals surface area (Å²) in [5.74, 6) is 0.643. The maximum Gasteiger partial charge on any atom is 0.260 e. The number of hydrogen-bond donors (Lipinski definition) is 2. The second-order valence-electron chi connectivity index (χ2n) is 5.40. The predicted molar refractivity (Wildman–Crippen MR) is 86.5 cm³/mol. The third-order valence-electron chi connectivity index (χ3n) is 3.36. The van der Waals surface area contributed by atoms with Crippen molar-refractivity contribution in [1.29, 1.82) is 0 Å². The summed E-state index contributed by atoms with van der Waals surface area (Å²) >= 11 is 1.42. The molecule has 118 valence electrons. The molecule has 21 heavy (non-hydrogen) atoms. The second kappa shape index (κ2) is 6.33. The molecule has 0 aliphatic rings. The van der Waals surface area contributed by atoms with Gasteiger partial charge in [0.2, 0.25) is 0 Å². The van der Waals surface area contributed by atoms with Gasteiger partial charge in [-0.2, -0.15) is 0 Å². The monoisotopic (exact) mass is 330 g/mol. The van der Waals surface area contributed by atoms with Crippen molar-refractivity contribution >= 4 is 32.1 Å². The minimum absolute atomic E-state index is 0.141. The minimum atomic E-state index is -3.62. The summed E-state index contributed by atoms with van der Waals surface area (Å²) in [4.78, 5) is 5.05. The van der Waals surface area contributed by atoms with Gasteiger partial charge in [-0.15, -0.1) is 11.3 Å². The van der Waals surface area contributed by atoms with Crippen LogP contribution < -0.4 is 10.0 Å². The highest BCUT2D eigenvalue weighted by Crippen LogP contribution is 2.26. The smallest absolute Gasteiger partial charge is 0.260 e. The van der Waals surface area contributed by atoms with E-state index in [9.17, 15) is 8.42 Å². The Kier molecular flexibility index (Phi) is 4.90. The average molecular weight is 330 g/mol. The Morgan fingerprint density at radius 1 is 1.38 bits per heavy atom. The van der Waals surface area contributed by atoms with Crippen molar-refractivity contribution in [2.24, 2.45) is 5.92 Å². The molecule has 1 atom stereocenters. The fraction of sp³-hybridized carbons (Fsp3) is 0.615. The van der Waals surface area contributed by atoms with E-state index < -0.39 is 10.0 Å². The molecule has 6 nitrogen and oxygen atoms in total. The van der Waals surface area contributed by atoms with Crippen LogP contribution in [0.1, 0.15) is 34.1 Å². The number of hydrogen-bond acceptors (Lipinski definition) is 5. The van der Waals surface area contributed by atoms with Crippen molar-refractivity contribution in [1.82, 2.24) is 14.1 Å². The maximum atomic E-state index is 12.7. The zero-order chi connectivity index (χ0) is 15.6. The highest BCUT2D eigenvalue weighted by Gasteiger charge is 2.27. The van der Waals surface area contributed by atoms with Crippen LogP contribution in [0.15, 0.2) is 16.6 Å². The predicted octanol–water partition coefficient (Wildman–Crippen LogP) is 2.54. The van der Waals surface area contributed by atoms with Crippen molar-refractivity contribution in [3.8, 4) is 0 Å². The van der Waals surface area contributed by atoms with Crippen LogP contribution in [0.25, 0.3) is 4.96 Å². The van der Waals surface area contributed by atoms with E-state index in [0.29, 0.717) is 17.3 Å². The van der Waals surface area contributed by atoms with E-state index in [-0.39, 0.29) is 17.0 Å². The van der Waals surface area contributed by atoms with Crippen LogP contribution in [0.2, 0.25) is 0 Å². The highest BCUT2D eigenvalue weighted by molar-refractivity contribution is 7.89. The Labute approximate surface area is 129 Å². The molecule has 2 N–H and O–H groups in total. The van der Waals surface area contributed by atoms with Crippen LogP contribution >= 0.6 is 11.3 Å². The Bertz CT molecular complexity index is 703. The summed E-state index contributed by atoms with van der Waals surface area (Å²) in [6, 6.07) is -0.141. The third kappa shape index (κ3) is 3.38. The molecular formula is C13H22N4O2S2. The Morgan fingerprint density at radius 3 is 2.71 bits per heavy atom. The molecule has 0 bridgehead atoms. The van der Waals surface area contributed by atoms with E-state index in [1.165, 1.54) is 11.3 Å². The average Bonchev–Trinajstić information content (AvgIpc) is 2.94. The van der Waals surface area contributed by atoms with Gasteiger partial charge in [-0.25, -0.2) is 18.1 Å². The van der Waals surface area contributed by atoms with Crippen molar-refractivity contribution in [3.63, 3.8) is 0 Å². The van der Waals surface area contributed by atoms with E-state index >= 15 is 0 Å². The van der Waals surface area contributed by atoms with Crippen LogP contribution in [0, 0.1) is 5.92 Å². The van der Waals surface area contributed by atoms with Crippen molar-refractivity contribution < 1.29 is 8.42 Å². The normalized spacial score (nSPS) is 14.0. The van der Waals surface area contributed by atoms with Crippen LogP contribution in [0.5, 0.6) is 0 Å². The molecule has 0 radical (unpaired) electrons. The molecule has 0 aliphatic heterocycles. The van der Waals surface area contributed by atoms with Crippen molar-refractivity contribution in [3.05, 3.63) is 11.6 Å². The zero-order valence-electron chi connectivity index (χ0n) is 12.8. The standard InChI is InChI=1S/C13H22N4O2S2/c1-5-6-14-11-12(17-7-8-20-13(17)15-11)21(18,19)16-10(4)9(2)3/h7-10,14,16H,5-6H2,1-4H3. The van der Waals surface area contributed by atoms with Crippen LogP contribution in [-0.4, -0.2) is 30.4 Å². The largest absolute Gasteiger partial charge is 0.368 e. The van der Waals surface area contributed by atoms with Crippen molar-refractivity contribution in [2.45, 2.75) is 45.2 Å². The minimum Gasteiger partial charge on any atom is -0.368 e.